The van der Waals surface area contributed by atoms with E-state index >= 15 is 0 Å². The zero-order valence-electron chi connectivity index (χ0n) is 10.6. The molecule has 0 amide bonds. The van der Waals surface area contributed by atoms with E-state index in [0.717, 1.165) is 23.8 Å². The van der Waals surface area contributed by atoms with Crippen LogP contribution in [0.2, 0.25) is 0 Å². The van der Waals surface area contributed by atoms with Crippen LogP contribution in [0.4, 0.5) is 0 Å². The molecule has 1 aromatic carbocycles. The molecular formula is C14H15N3S. The Bertz CT molecular complexity index is 551. The average Bonchev–Trinajstić information content (AvgIpc) is 2.75. The number of benzene rings is 1. The van der Waals surface area contributed by atoms with Crippen molar-refractivity contribution in [1.82, 2.24) is 9.88 Å². The lowest BCUT2D eigenvalue weighted by molar-refractivity contribution is 0.315. The van der Waals surface area contributed by atoms with E-state index in [1.807, 2.05) is 31.2 Å². The minimum Gasteiger partial charge on any atom is -0.296 e. The van der Waals surface area contributed by atoms with Crippen LogP contribution in [0.25, 0.3) is 0 Å². The van der Waals surface area contributed by atoms with E-state index in [1.165, 1.54) is 5.56 Å². The Morgan fingerprint density at radius 2 is 2.00 bits per heavy atom. The van der Waals surface area contributed by atoms with Gasteiger partial charge in [0.05, 0.1) is 22.3 Å². The normalized spacial score (nSPS) is 10.6. The molecule has 92 valence electrons. The Hall–Kier alpha value is -1.70. The summed E-state index contributed by atoms with van der Waals surface area (Å²) in [5.74, 6) is 0. The van der Waals surface area contributed by atoms with Gasteiger partial charge in [-0.25, -0.2) is 4.98 Å². The van der Waals surface area contributed by atoms with Gasteiger partial charge in [-0.15, -0.1) is 11.3 Å². The van der Waals surface area contributed by atoms with Gasteiger partial charge in [0.25, 0.3) is 0 Å². The van der Waals surface area contributed by atoms with Gasteiger partial charge in [0.2, 0.25) is 0 Å². The Labute approximate surface area is 111 Å². The summed E-state index contributed by atoms with van der Waals surface area (Å²) in [6, 6.07) is 9.85. The Morgan fingerprint density at radius 1 is 1.28 bits per heavy atom. The molecule has 0 spiro atoms. The van der Waals surface area contributed by atoms with E-state index in [1.54, 1.807) is 11.3 Å². The van der Waals surface area contributed by atoms with Gasteiger partial charge in [-0.2, -0.15) is 5.26 Å². The van der Waals surface area contributed by atoms with E-state index in [-0.39, 0.29) is 0 Å². The molecule has 0 saturated heterocycles. The fourth-order valence-corrected chi connectivity index (χ4v) is 2.41. The predicted molar refractivity (Wildman–Crippen MR) is 73.2 cm³/mol. The van der Waals surface area contributed by atoms with Crippen LogP contribution in [0.1, 0.15) is 21.8 Å². The molecule has 0 aliphatic rings. The molecule has 0 atom stereocenters. The monoisotopic (exact) mass is 257 g/mol. The van der Waals surface area contributed by atoms with Gasteiger partial charge >= 0.3 is 0 Å². The Morgan fingerprint density at radius 3 is 2.56 bits per heavy atom. The van der Waals surface area contributed by atoms with Crippen LogP contribution in [0.15, 0.2) is 29.6 Å². The molecule has 18 heavy (non-hydrogen) atoms. The molecule has 0 saturated carbocycles. The second-order valence-electron chi connectivity index (χ2n) is 4.34. The van der Waals surface area contributed by atoms with Crippen molar-refractivity contribution in [1.29, 1.82) is 5.26 Å². The molecule has 2 rings (SSSR count). The summed E-state index contributed by atoms with van der Waals surface area (Å²) in [5.41, 5.74) is 3.04. The SMILES string of the molecule is Cc1nc(CN(C)Cc2ccc(C#N)cc2)cs1. The zero-order valence-corrected chi connectivity index (χ0v) is 11.4. The number of nitriles is 1. The molecule has 0 bridgehead atoms. The van der Waals surface area contributed by atoms with Crippen LogP contribution in [0.5, 0.6) is 0 Å². The van der Waals surface area contributed by atoms with Gasteiger partial charge < -0.3 is 0 Å². The molecule has 0 fully saturated rings. The number of nitrogens with zero attached hydrogens (tertiary/aromatic N) is 3. The molecule has 0 N–H and O–H groups in total. The highest BCUT2D eigenvalue weighted by Gasteiger charge is 2.04. The number of rotatable bonds is 4. The summed E-state index contributed by atoms with van der Waals surface area (Å²) >= 11 is 1.68. The van der Waals surface area contributed by atoms with E-state index in [2.05, 4.69) is 28.4 Å². The van der Waals surface area contributed by atoms with Gasteiger partial charge in [-0.1, -0.05) is 12.1 Å². The van der Waals surface area contributed by atoms with E-state index in [4.69, 9.17) is 5.26 Å². The number of hydrogen-bond donors (Lipinski definition) is 0. The van der Waals surface area contributed by atoms with E-state index in [9.17, 15) is 0 Å². The summed E-state index contributed by atoms with van der Waals surface area (Å²) in [6.07, 6.45) is 0. The van der Waals surface area contributed by atoms with Crippen molar-refractivity contribution in [2.75, 3.05) is 7.05 Å². The first-order valence-electron chi connectivity index (χ1n) is 5.76. The topological polar surface area (TPSA) is 39.9 Å². The fraction of sp³-hybridized carbons (Fsp3) is 0.286. The Balaban J connectivity index is 1.94. The van der Waals surface area contributed by atoms with Crippen molar-refractivity contribution in [3.05, 3.63) is 51.5 Å². The maximum absolute atomic E-state index is 8.74. The lowest BCUT2D eigenvalue weighted by atomic mass is 10.1. The zero-order chi connectivity index (χ0) is 13.0. The smallest absolute Gasteiger partial charge is 0.0991 e. The van der Waals surface area contributed by atoms with Crippen molar-refractivity contribution in [3.8, 4) is 6.07 Å². The first kappa shape index (κ1) is 12.7. The standard InChI is InChI=1S/C14H15N3S/c1-11-16-14(10-18-11)9-17(2)8-13-5-3-12(7-15)4-6-13/h3-6,10H,8-9H2,1-2H3. The average molecular weight is 257 g/mol. The lowest BCUT2D eigenvalue weighted by Gasteiger charge is -2.15. The quantitative estimate of drug-likeness (QED) is 0.845. The molecule has 2 aromatic rings. The highest BCUT2D eigenvalue weighted by Crippen LogP contribution is 2.12. The van der Waals surface area contributed by atoms with Crippen LogP contribution in [0.3, 0.4) is 0 Å². The van der Waals surface area contributed by atoms with Gasteiger partial charge in [0.15, 0.2) is 0 Å². The third-order valence-electron chi connectivity index (χ3n) is 2.63. The van der Waals surface area contributed by atoms with Gasteiger partial charge in [-0.3, -0.25) is 4.90 Å². The maximum atomic E-state index is 8.74. The number of aryl methyl sites for hydroxylation is 1. The van der Waals surface area contributed by atoms with Crippen molar-refractivity contribution >= 4 is 11.3 Å². The minimum absolute atomic E-state index is 0.705. The van der Waals surface area contributed by atoms with Crippen molar-refractivity contribution in [2.24, 2.45) is 0 Å². The van der Waals surface area contributed by atoms with Crippen LogP contribution in [-0.4, -0.2) is 16.9 Å². The van der Waals surface area contributed by atoms with Crippen LogP contribution in [-0.2, 0) is 13.1 Å². The van der Waals surface area contributed by atoms with E-state index < -0.39 is 0 Å². The molecule has 3 nitrogen and oxygen atoms in total. The second kappa shape index (κ2) is 5.76. The van der Waals surface area contributed by atoms with Crippen molar-refractivity contribution < 1.29 is 0 Å². The lowest BCUT2D eigenvalue weighted by Crippen LogP contribution is -2.17. The molecule has 0 radical (unpaired) electrons. The van der Waals surface area contributed by atoms with Gasteiger partial charge in [0.1, 0.15) is 0 Å². The molecule has 4 heteroatoms. The Kier molecular flexibility index (Phi) is 4.08. The second-order valence-corrected chi connectivity index (χ2v) is 5.40. The summed E-state index contributed by atoms with van der Waals surface area (Å²) in [7, 11) is 2.08. The number of hydrogen-bond acceptors (Lipinski definition) is 4. The molecule has 1 heterocycles. The molecule has 0 aliphatic heterocycles. The maximum Gasteiger partial charge on any atom is 0.0991 e. The van der Waals surface area contributed by atoms with Crippen molar-refractivity contribution in [2.45, 2.75) is 20.0 Å². The first-order valence-corrected chi connectivity index (χ1v) is 6.64. The highest BCUT2D eigenvalue weighted by molar-refractivity contribution is 7.09. The van der Waals surface area contributed by atoms with Gasteiger partial charge in [0, 0.05) is 18.5 Å². The minimum atomic E-state index is 0.705. The molecule has 1 aromatic heterocycles. The molecular weight excluding hydrogens is 242 g/mol. The van der Waals surface area contributed by atoms with Crippen molar-refractivity contribution in [3.63, 3.8) is 0 Å². The predicted octanol–water partition coefficient (Wildman–Crippen LogP) is 2.96. The third-order valence-corrected chi connectivity index (χ3v) is 3.46. The van der Waals surface area contributed by atoms with Crippen LogP contribution in [0, 0.1) is 18.3 Å². The largest absolute Gasteiger partial charge is 0.296 e. The van der Waals surface area contributed by atoms with E-state index in [0.29, 0.717) is 5.56 Å². The van der Waals surface area contributed by atoms with Gasteiger partial charge in [-0.05, 0) is 31.7 Å². The highest BCUT2D eigenvalue weighted by atomic mass is 32.1. The summed E-state index contributed by atoms with van der Waals surface area (Å²) in [4.78, 5) is 6.67. The van der Waals surface area contributed by atoms with Crippen LogP contribution >= 0.6 is 11.3 Å². The van der Waals surface area contributed by atoms with Crippen LogP contribution < -0.4 is 0 Å². The first-order chi connectivity index (χ1) is 8.67. The number of aromatic nitrogens is 1. The summed E-state index contributed by atoms with van der Waals surface area (Å²) < 4.78 is 0. The molecule has 0 unspecified atom stereocenters. The molecule has 0 aliphatic carbocycles. The fourth-order valence-electron chi connectivity index (χ4n) is 1.81. The summed E-state index contributed by atoms with van der Waals surface area (Å²) in [5, 5.41) is 11.9. The third kappa shape index (κ3) is 3.39. The summed E-state index contributed by atoms with van der Waals surface area (Å²) in [6.45, 7) is 3.74. The number of thiazole rings is 1.